The van der Waals surface area contributed by atoms with Crippen molar-refractivity contribution in [2.45, 2.75) is 24.7 Å². The van der Waals surface area contributed by atoms with Gasteiger partial charge in [-0.1, -0.05) is 18.2 Å². The number of aromatic hydroxyl groups is 2. The van der Waals surface area contributed by atoms with Crippen molar-refractivity contribution in [3.63, 3.8) is 0 Å². The van der Waals surface area contributed by atoms with E-state index in [0.717, 1.165) is 11.1 Å². The van der Waals surface area contributed by atoms with E-state index in [1.807, 2.05) is 12.1 Å². The van der Waals surface area contributed by atoms with E-state index >= 15 is 0 Å². The van der Waals surface area contributed by atoms with Gasteiger partial charge in [0.1, 0.15) is 6.10 Å². The van der Waals surface area contributed by atoms with E-state index < -0.39 is 18.8 Å². The summed E-state index contributed by atoms with van der Waals surface area (Å²) in [6, 6.07) is 14.9. The van der Waals surface area contributed by atoms with Crippen molar-refractivity contribution in [2.75, 3.05) is 41.2 Å². The second-order valence-corrected chi connectivity index (χ2v) is 9.70. The van der Waals surface area contributed by atoms with E-state index in [2.05, 4.69) is 0 Å². The lowest BCUT2D eigenvalue weighted by molar-refractivity contribution is -0.000527. The molecule has 1 saturated heterocycles. The zero-order valence-corrected chi connectivity index (χ0v) is 22.7. The minimum Gasteiger partial charge on any atom is -0.504 e. The average Bonchev–Trinajstić information content (AvgIpc) is 3.38. The topological polar surface area (TPSA) is 147 Å². The van der Waals surface area contributed by atoms with E-state index in [1.165, 1.54) is 39.5 Å². The van der Waals surface area contributed by atoms with Crippen LogP contribution in [0.2, 0.25) is 0 Å². The van der Waals surface area contributed by atoms with E-state index in [-0.39, 0.29) is 41.8 Å². The van der Waals surface area contributed by atoms with Gasteiger partial charge in [0.15, 0.2) is 40.6 Å². The molecule has 0 aromatic heterocycles. The van der Waals surface area contributed by atoms with Crippen LogP contribution in [0.1, 0.15) is 28.9 Å². The Morgan fingerprint density at radius 2 is 1.50 bits per heavy atom. The highest BCUT2D eigenvalue weighted by Crippen LogP contribution is 2.42. The van der Waals surface area contributed by atoms with Crippen LogP contribution < -0.4 is 18.9 Å². The first-order valence-electron chi connectivity index (χ1n) is 12.9. The fraction of sp³-hybridized carbons (Fsp3) is 0.400. The second-order valence-electron chi connectivity index (χ2n) is 9.70. The largest absolute Gasteiger partial charge is 0.504 e. The van der Waals surface area contributed by atoms with Crippen LogP contribution in [0.25, 0.3) is 0 Å². The van der Waals surface area contributed by atoms with Crippen LogP contribution in [-0.4, -0.2) is 72.8 Å². The van der Waals surface area contributed by atoms with Gasteiger partial charge in [-0.05, 0) is 65.4 Å². The summed E-state index contributed by atoms with van der Waals surface area (Å²) in [6.07, 6.45) is -1.97. The smallest absolute Gasteiger partial charge is 0.161 e. The maximum atomic E-state index is 10.9. The summed E-state index contributed by atoms with van der Waals surface area (Å²) in [7, 11) is 4.39. The predicted octanol–water partition coefficient (Wildman–Crippen LogP) is 3.14. The highest BCUT2D eigenvalue weighted by Gasteiger charge is 2.38. The molecule has 0 unspecified atom stereocenters. The lowest BCUT2D eigenvalue weighted by Crippen LogP contribution is -2.29. The monoisotopic (exact) mass is 556 g/mol. The highest BCUT2D eigenvalue weighted by molar-refractivity contribution is 5.45. The van der Waals surface area contributed by atoms with Crippen LogP contribution >= 0.6 is 0 Å². The number of hydrogen-bond acceptors (Lipinski definition) is 10. The fourth-order valence-corrected chi connectivity index (χ4v) is 5.09. The van der Waals surface area contributed by atoms with Gasteiger partial charge in [0.25, 0.3) is 0 Å². The van der Waals surface area contributed by atoms with Crippen LogP contribution in [0.15, 0.2) is 54.6 Å². The first-order chi connectivity index (χ1) is 19.3. The lowest BCUT2D eigenvalue weighted by atomic mass is 9.84. The molecule has 1 aliphatic heterocycles. The van der Waals surface area contributed by atoms with E-state index in [9.17, 15) is 25.5 Å². The first kappa shape index (κ1) is 29.3. The van der Waals surface area contributed by atoms with Crippen LogP contribution in [-0.2, 0) is 11.2 Å². The van der Waals surface area contributed by atoms with Crippen LogP contribution in [0.5, 0.6) is 34.5 Å². The Morgan fingerprint density at radius 1 is 0.825 bits per heavy atom. The number of aliphatic hydroxyl groups excluding tert-OH is 3. The Balaban J connectivity index is 1.48. The Labute approximate surface area is 232 Å². The number of hydrogen-bond donors (Lipinski definition) is 5. The molecule has 10 nitrogen and oxygen atoms in total. The van der Waals surface area contributed by atoms with Gasteiger partial charge < -0.3 is 49.2 Å². The fourth-order valence-electron chi connectivity index (χ4n) is 5.09. The number of ether oxygens (including phenoxy) is 5. The molecule has 4 rings (SSSR count). The summed E-state index contributed by atoms with van der Waals surface area (Å²) in [5.41, 5.74) is 2.16. The summed E-state index contributed by atoms with van der Waals surface area (Å²) in [4.78, 5) is 0. The molecule has 0 aliphatic carbocycles. The molecule has 1 fully saturated rings. The molecule has 0 amide bonds. The molecule has 1 aliphatic rings. The second kappa shape index (κ2) is 13.1. The van der Waals surface area contributed by atoms with Crippen LogP contribution in [0.3, 0.4) is 0 Å². The van der Waals surface area contributed by atoms with E-state index in [0.29, 0.717) is 35.8 Å². The molecular weight excluding hydrogens is 520 g/mol. The van der Waals surface area contributed by atoms with Crippen LogP contribution in [0.4, 0.5) is 0 Å². The SMILES string of the molecule is COc1cc([C@@H](O)[C@H](CO)Oc2ccc(C[C@@H]3CO[C@H](c4ccc(O)c(OC)c4)[C@H]3CO)cc2OC)ccc1O. The van der Waals surface area contributed by atoms with Gasteiger partial charge in [-0.2, -0.15) is 0 Å². The van der Waals surface area contributed by atoms with Crippen molar-refractivity contribution in [3.05, 3.63) is 71.3 Å². The molecule has 0 saturated carbocycles. The van der Waals surface area contributed by atoms with Gasteiger partial charge in [-0.3, -0.25) is 0 Å². The van der Waals surface area contributed by atoms with Crippen molar-refractivity contribution in [1.82, 2.24) is 0 Å². The van der Waals surface area contributed by atoms with Crippen LogP contribution in [0, 0.1) is 11.8 Å². The van der Waals surface area contributed by atoms with Crippen molar-refractivity contribution in [2.24, 2.45) is 11.8 Å². The predicted molar refractivity (Wildman–Crippen MR) is 145 cm³/mol. The molecule has 216 valence electrons. The lowest BCUT2D eigenvalue weighted by Gasteiger charge is -2.25. The Kier molecular flexibility index (Phi) is 9.59. The third-order valence-corrected chi connectivity index (χ3v) is 7.31. The standard InChI is InChI=1S/C30H36O10/c1-36-25-12-18(5-7-22(25)33)29(35)28(15-32)40-24-9-4-17(11-27(24)38-3)10-20-16-39-30(21(20)14-31)19-6-8-23(34)26(13-19)37-2/h4-9,11-13,20-21,28-35H,10,14-16H2,1-3H3/t20-,21+,28+,29-,30-/m1/s1. The minimum atomic E-state index is -1.21. The van der Waals surface area contributed by atoms with E-state index in [1.54, 1.807) is 24.3 Å². The molecule has 10 heteroatoms. The Hall–Kier alpha value is -3.70. The molecule has 0 radical (unpaired) electrons. The molecule has 1 heterocycles. The number of benzene rings is 3. The summed E-state index contributed by atoms with van der Waals surface area (Å²) < 4.78 is 27.9. The molecular formula is C30H36O10. The minimum absolute atomic E-state index is 0.0164. The van der Waals surface area contributed by atoms with Crippen molar-refractivity contribution in [1.29, 1.82) is 0 Å². The number of rotatable bonds is 12. The van der Waals surface area contributed by atoms with Crippen molar-refractivity contribution >= 4 is 0 Å². The molecule has 3 aromatic rings. The molecule has 40 heavy (non-hydrogen) atoms. The highest BCUT2D eigenvalue weighted by atomic mass is 16.5. The molecule has 5 atom stereocenters. The zero-order chi connectivity index (χ0) is 28.8. The average molecular weight is 557 g/mol. The van der Waals surface area contributed by atoms with Gasteiger partial charge in [-0.25, -0.2) is 0 Å². The maximum Gasteiger partial charge on any atom is 0.161 e. The molecule has 5 N–H and O–H groups in total. The van der Waals surface area contributed by atoms with Crippen molar-refractivity contribution in [3.8, 4) is 34.5 Å². The van der Waals surface area contributed by atoms with E-state index in [4.69, 9.17) is 23.7 Å². The zero-order valence-electron chi connectivity index (χ0n) is 22.7. The summed E-state index contributed by atoms with van der Waals surface area (Å²) in [6.45, 7) is -0.111. The number of aliphatic hydroxyl groups is 3. The summed E-state index contributed by atoms with van der Waals surface area (Å²) in [5.74, 6) is 1.11. The molecule has 3 aromatic carbocycles. The van der Waals surface area contributed by atoms with Gasteiger partial charge in [-0.15, -0.1) is 0 Å². The Morgan fingerprint density at radius 3 is 2.15 bits per heavy atom. The third-order valence-electron chi connectivity index (χ3n) is 7.31. The normalized spacial score (nSPS) is 20.1. The first-order valence-corrected chi connectivity index (χ1v) is 12.9. The third kappa shape index (κ3) is 6.20. The molecule has 0 spiro atoms. The summed E-state index contributed by atoms with van der Waals surface area (Å²) >= 11 is 0. The number of phenols is 2. The molecule has 0 bridgehead atoms. The van der Waals surface area contributed by atoms with Gasteiger partial charge in [0, 0.05) is 12.5 Å². The maximum absolute atomic E-state index is 10.9. The van der Waals surface area contributed by atoms with Gasteiger partial charge in [0.2, 0.25) is 0 Å². The van der Waals surface area contributed by atoms with Gasteiger partial charge in [0.05, 0.1) is 40.6 Å². The Bertz CT molecular complexity index is 1280. The number of phenolic OH excluding ortho intramolecular Hbond substituents is 2. The van der Waals surface area contributed by atoms with Crippen molar-refractivity contribution < 1.29 is 49.2 Å². The van der Waals surface area contributed by atoms with Gasteiger partial charge >= 0.3 is 0 Å². The quantitative estimate of drug-likeness (QED) is 0.225. The number of methoxy groups -OCH3 is 3. The summed E-state index contributed by atoms with van der Waals surface area (Å²) in [5, 5.41) is 50.8.